The van der Waals surface area contributed by atoms with Crippen molar-refractivity contribution in [2.45, 2.75) is 32.6 Å². The number of thiazole rings is 1. The Morgan fingerprint density at radius 1 is 1.12 bits per heavy atom. The molecule has 0 saturated carbocycles. The van der Waals surface area contributed by atoms with E-state index in [0.29, 0.717) is 23.1 Å². The van der Waals surface area contributed by atoms with Crippen LogP contribution < -0.4 is 19.7 Å². The fourth-order valence-electron chi connectivity index (χ4n) is 3.97. The van der Waals surface area contributed by atoms with Gasteiger partial charge in [0.15, 0.2) is 16.6 Å². The highest BCUT2D eigenvalue weighted by atomic mass is 32.1. The Hall–Kier alpha value is -3.39. The normalized spacial score (nSPS) is 12.4. The van der Waals surface area contributed by atoms with Crippen LogP contribution in [0.5, 0.6) is 11.5 Å². The summed E-state index contributed by atoms with van der Waals surface area (Å²) in [6.07, 6.45) is 2.47. The van der Waals surface area contributed by atoms with Crippen molar-refractivity contribution < 1.29 is 19.1 Å². The highest BCUT2D eigenvalue weighted by Crippen LogP contribution is 2.34. The first-order valence-corrected chi connectivity index (χ1v) is 11.8. The summed E-state index contributed by atoms with van der Waals surface area (Å²) >= 11 is 1.39. The van der Waals surface area contributed by atoms with Crippen molar-refractivity contribution in [2.75, 3.05) is 31.0 Å². The average Bonchev–Trinajstić information content (AvgIpc) is 3.45. The van der Waals surface area contributed by atoms with Gasteiger partial charge in [0.05, 0.1) is 26.3 Å². The summed E-state index contributed by atoms with van der Waals surface area (Å²) in [5, 5.41) is 5.36. The summed E-state index contributed by atoms with van der Waals surface area (Å²) in [7, 11) is 3.14. The van der Waals surface area contributed by atoms with Crippen LogP contribution in [-0.4, -0.2) is 37.6 Å². The van der Waals surface area contributed by atoms with Crippen molar-refractivity contribution in [2.24, 2.45) is 0 Å². The number of hydrogen-bond acceptors (Lipinski definition) is 6. The number of amides is 2. The van der Waals surface area contributed by atoms with Gasteiger partial charge in [0, 0.05) is 29.6 Å². The smallest absolute Gasteiger partial charge is 0.230 e. The zero-order valence-corrected chi connectivity index (χ0v) is 19.8. The van der Waals surface area contributed by atoms with Crippen LogP contribution >= 0.6 is 11.3 Å². The van der Waals surface area contributed by atoms with Crippen LogP contribution in [0.2, 0.25) is 0 Å². The first-order chi connectivity index (χ1) is 16.0. The highest BCUT2D eigenvalue weighted by Gasteiger charge is 2.24. The number of benzene rings is 2. The van der Waals surface area contributed by atoms with Crippen LogP contribution in [0.4, 0.5) is 10.8 Å². The lowest BCUT2D eigenvalue weighted by Crippen LogP contribution is -2.28. The summed E-state index contributed by atoms with van der Waals surface area (Å²) in [4.78, 5) is 31.3. The molecule has 8 heteroatoms. The molecule has 1 aliphatic rings. The molecule has 33 heavy (non-hydrogen) atoms. The van der Waals surface area contributed by atoms with Crippen molar-refractivity contribution in [1.29, 1.82) is 0 Å². The third-order valence-electron chi connectivity index (χ3n) is 5.60. The Balaban J connectivity index is 1.42. The van der Waals surface area contributed by atoms with E-state index >= 15 is 0 Å². The molecule has 0 aliphatic carbocycles. The first kappa shape index (κ1) is 22.8. The number of fused-ring (bicyclic) bond motifs is 1. The van der Waals surface area contributed by atoms with Crippen LogP contribution in [0.1, 0.15) is 30.9 Å². The minimum Gasteiger partial charge on any atom is -0.493 e. The Labute approximate surface area is 197 Å². The zero-order chi connectivity index (χ0) is 23.4. The van der Waals surface area contributed by atoms with Gasteiger partial charge >= 0.3 is 0 Å². The van der Waals surface area contributed by atoms with Crippen LogP contribution in [0.15, 0.2) is 41.8 Å². The molecular formula is C25H27N3O4S. The third kappa shape index (κ3) is 5.01. The van der Waals surface area contributed by atoms with E-state index in [1.54, 1.807) is 26.4 Å². The van der Waals surface area contributed by atoms with Crippen LogP contribution in [0.3, 0.4) is 0 Å². The van der Waals surface area contributed by atoms with E-state index in [-0.39, 0.29) is 18.2 Å². The number of methoxy groups -OCH3 is 2. The van der Waals surface area contributed by atoms with E-state index in [0.717, 1.165) is 47.5 Å². The van der Waals surface area contributed by atoms with Crippen molar-refractivity contribution in [3.05, 3.63) is 52.9 Å². The minimum absolute atomic E-state index is 0.151. The quantitative estimate of drug-likeness (QED) is 0.522. The zero-order valence-electron chi connectivity index (χ0n) is 19.0. The predicted molar refractivity (Wildman–Crippen MR) is 130 cm³/mol. The molecule has 0 spiro atoms. The molecule has 0 radical (unpaired) electrons. The molecule has 0 unspecified atom stereocenters. The van der Waals surface area contributed by atoms with Gasteiger partial charge in [-0.15, -0.1) is 11.3 Å². The summed E-state index contributed by atoms with van der Waals surface area (Å²) in [5.74, 6) is 1.24. The fourth-order valence-corrected chi connectivity index (χ4v) is 4.71. The molecule has 7 nitrogen and oxygen atoms in total. The number of hydrogen-bond donors (Lipinski definition) is 1. The SMILES string of the molecule is CCCC(=O)N1CCc2cc(-c3csc(NC(=O)Cc4ccc(OC)c(OC)c4)n3)ccc21. The van der Waals surface area contributed by atoms with Crippen molar-refractivity contribution in [1.82, 2.24) is 4.98 Å². The van der Waals surface area contributed by atoms with Crippen LogP contribution in [-0.2, 0) is 22.4 Å². The molecule has 0 fully saturated rings. The third-order valence-corrected chi connectivity index (χ3v) is 6.36. The number of anilines is 2. The Morgan fingerprint density at radius 3 is 2.70 bits per heavy atom. The topological polar surface area (TPSA) is 80.8 Å². The second-order valence-corrected chi connectivity index (χ2v) is 8.70. The molecule has 172 valence electrons. The van der Waals surface area contributed by atoms with Crippen molar-refractivity contribution >= 4 is 34.0 Å². The van der Waals surface area contributed by atoms with Gasteiger partial charge in [-0.1, -0.05) is 19.1 Å². The maximum Gasteiger partial charge on any atom is 0.230 e. The van der Waals surface area contributed by atoms with Crippen LogP contribution in [0.25, 0.3) is 11.3 Å². The number of carbonyl (C=O) groups is 2. The maximum absolute atomic E-state index is 12.5. The number of nitrogens with zero attached hydrogens (tertiary/aromatic N) is 2. The molecule has 1 aliphatic heterocycles. The summed E-state index contributed by atoms with van der Waals surface area (Å²) in [6, 6.07) is 11.5. The lowest BCUT2D eigenvalue weighted by Gasteiger charge is -2.17. The van der Waals surface area contributed by atoms with Gasteiger partial charge in [-0.2, -0.15) is 0 Å². The van der Waals surface area contributed by atoms with Crippen molar-refractivity contribution in [3.63, 3.8) is 0 Å². The van der Waals surface area contributed by atoms with E-state index in [9.17, 15) is 9.59 Å². The van der Waals surface area contributed by atoms with E-state index in [1.807, 2.05) is 35.4 Å². The van der Waals surface area contributed by atoms with Gasteiger partial charge in [-0.05, 0) is 48.2 Å². The summed E-state index contributed by atoms with van der Waals surface area (Å²) in [5.41, 5.74) is 4.76. The van der Waals surface area contributed by atoms with Gasteiger partial charge in [0.2, 0.25) is 11.8 Å². The van der Waals surface area contributed by atoms with Crippen LogP contribution in [0, 0.1) is 0 Å². The maximum atomic E-state index is 12.5. The molecule has 4 rings (SSSR count). The lowest BCUT2D eigenvalue weighted by atomic mass is 10.1. The molecule has 3 aromatic rings. The molecule has 0 saturated heterocycles. The fraction of sp³-hybridized carbons (Fsp3) is 0.320. The summed E-state index contributed by atoms with van der Waals surface area (Å²) in [6.45, 7) is 2.75. The largest absolute Gasteiger partial charge is 0.493 e. The molecule has 1 N–H and O–H groups in total. The Kier molecular flexibility index (Phi) is 6.93. The molecule has 2 aromatic carbocycles. The van der Waals surface area contributed by atoms with Gasteiger partial charge in [0.25, 0.3) is 0 Å². The highest BCUT2D eigenvalue weighted by molar-refractivity contribution is 7.14. The van der Waals surface area contributed by atoms with Gasteiger partial charge in [-0.3, -0.25) is 9.59 Å². The monoisotopic (exact) mass is 465 g/mol. The number of aromatic nitrogens is 1. The van der Waals surface area contributed by atoms with E-state index in [2.05, 4.69) is 16.4 Å². The van der Waals surface area contributed by atoms with Gasteiger partial charge < -0.3 is 19.7 Å². The number of ether oxygens (including phenoxy) is 2. The first-order valence-electron chi connectivity index (χ1n) is 10.9. The van der Waals surface area contributed by atoms with Crippen molar-refractivity contribution in [3.8, 4) is 22.8 Å². The molecular weight excluding hydrogens is 438 g/mol. The number of rotatable bonds is 8. The number of nitrogens with one attached hydrogen (secondary N) is 1. The molecule has 0 atom stereocenters. The molecule has 2 heterocycles. The van der Waals surface area contributed by atoms with E-state index < -0.39 is 0 Å². The molecule has 2 amide bonds. The Morgan fingerprint density at radius 2 is 1.94 bits per heavy atom. The summed E-state index contributed by atoms with van der Waals surface area (Å²) < 4.78 is 10.5. The number of carbonyl (C=O) groups excluding carboxylic acids is 2. The van der Waals surface area contributed by atoms with E-state index in [4.69, 9.17) is 9.47 Å². The predicted octanol–water partition coefficient (Wildman–Crippen LogP) is 4.70. The van der Waals surface area contributed by atoms with E-state index in [1.165, 1.54) is 11.3 Å². The molecule has 0 bridgehead atoms. The average molecular weight is 466 g/mol. The second-order valence-electron chi connectivity index (χ2n) is 7.84. The second kappa shape index (κ2) is 10.0. The standard InChI is InChI=1S/C25H27N3O4S/c1-4-5-24(30)28-11-10-18-14-17(7-8-20(18)28)19-15-33-25(26-19)27-23(29)13-16-6-9-21(31-2)22(12-16)32-3/h6-9,12,14-15H,4-5,10-11,13H2,1-3H3,(H,26,27,29). The molecule has 1 aromatic heterocycles. The minimum atomic E-state index is -0.151. The Bertz CT molecular complexity index is 1170. The van der Waals surface area contributed by atoms with Gasteiger partial charge in [0.1, 0.15) is 0 Å². The van der Waals surface area contributed by atoms with Gasteiger partial charge in [-0.25, -0.2) is 4.98 Å². The lowest BCUT2D eigenvalue weighted by molar-refractivity contribution is -0.118.